The van der Waals surface area contributed by atoms with Crippen LogP contribution in [0.4, 0.5) is 0 Å². The number of hydrogen-bond acceptors (Lipinski definition) is 4. The molecule has 0 radical (unpaired) electrons. The average Bonchev–Trinajstić information content (AvgIpc) is 3.14. The normalized spacial score (nSPS) is 11.9. The van der Waals surface area contributed by atoms with Crippen LogP contribution in [-0.2, 0) is 12.3 Å². The van der Waals surface area contributed by atoms with Gasteiger partial charge in [-0.2, -0.15) is 10.2 Å². The van der Waals surface area contributed by atoms with E-state index in [0.29, 0.717) is 5.17 Å². The lowest BCUT2D eigenvalue weighted by molar-refractivity contribution is 0.687. The molecule has 0 atom stereocenters. The highest BCUT2D eigenvalue weighted by Gasteiger charge is 1.97. The summed E-state index contributed by atoms with van der Waals surface area (Å²) in [7, 11) is 0. The van der Waals surface area contributed by atoms with Crippen molar-refractivity contribution in [3.05, 3.63) is 89.7 Å². The van der Waals surface area contributed by atoms with Gasteiger partial charge < -0.3 is 5.73 Å². The van der Waals surface area contributed by atoms with Gasteiger partial charge in [0.1, 0.15) is 0 Å². The van der Waals surface area contributed by atoms with Crippen LogP contribution in [0.15, 0.2) is 83.3 Å². The molecule has 0 bridgehead atoms. The number of aromatic nitrogens is 2. The SMILES string of the molecule is NC(=NN=Cc1cccc(Cn2cccn2)c1)SCc1ccccc1. The van der Waals surface area contributed by atoms with Crippen LogP contribution in [0, 0.1) is 0 Å². The van der Waals surface area contributed by atoms with Crippen LogP contribution in [-0.4, -0.2) is 21.2 Å². The number of hydrogen-bond donors (Lipinski definition) is 1. The Balaban J connectivity index is 1.55. The van der Waals surface area contributed by atoms with Crippen LogP contribution in [0.5, 0.6) is 0 Å². The van der Waals surface area contributed by atoms with Gasteiger partial charge in [0.15, 0.2) is 5.17 Å². The fourth-order valence-corrected chi connectivity index (χ4v) is 2.88. The molecule has 0 fully saturated rings. The van der Waals surface area contributed by atoms with E-state index in [2.05, 4.69) is 39.6 Å². The number of amidine groups is 1. The molecular formula is C19H19N5S. The number of thioether (sulfide) groups is 1. The van der Waals surface area contributed by atoms with Crippen LogP contribution in [0.25, 0.3) is 0 Å². The van der Waals surface area contributed by atoms with Crippen molar-refractivity contribution in [3.8, 4) is 0 Å². The Morgan fingerprint density at radius 3 is 2.72 bits per heavy atom. The van der Waals surface area contributed by atoms with Crippen molar-refractivity contribution < 1.29 is 0 Å². The van der Waals surface area contributed by atoms with Gasteiger partial charge in [-0.15, -0.1) is 5.10 Å². The molecule has 5 nitrogen and oxygen atoms in total. The second-order valence-electron chi connectivity index (χ2n) is 5.41. The Bertz CT molecular complexity index is 841. The molecule has 0 spiro atoms. The Morgan fingerprint density at radius 1 is 1.08 bits per heavy atom. The molecule has 126 valence electrons. The third-order valence-electron chi connectivity index (χ3n) is 3.45. The van der Waals surface area contributed by atoms with Crippen LogP contribution in [0.3, 0.4) is 0 Å². The summed E-state index contributed by atoms with van der Waals surface area (Å²) in [6.07, 6.45) is 5.42. The highest BCUT2D eigenvalue weighted by molar-refractivity contribution is 8.13. The number of nitrogens with two attached hydrogens (primary N) is 1. The lowest BCUT2D eigenvalue weighted by Gasteiger charge is -2.02. The molecule has 2 aromatic carbocycles. The van der Waals surface area contributed by atoms with Crippen molar-refractivity contribution in [1.82, 2.24) is 9.78 Å². The first-order valence-corrected chi connectivity index (χ1v) is 8.88. The summed E-state index contributed by atoms with van der Waals surface area (Å²) in [5.74, 6) is 0.783. The zero-order chi connectivity index (χ0) is 17.3. The maximum absolute atomic E-state index is 5.89. The van der Waals surface area contributed by atoms with Gasteiger partial charge in [0, 0.05) is 18.1 Å². The summed E-state index contributed by atoms with van der Waals surface area (Å²) in [6, 6.07) is 20.2. The summed E-state index contributed by atoms with van der Waals surface area (Å²) in [5, 5.41) is 12.8. The van der Waals surface area contributed by atoms with Gasteiger partial charge in [0.25, 0.3) is 0 Å². The van der Waals surface area contributed by atoms with E-state index in [-0.39, 0.29) is 0 Å². The van der Waals surface area contributed by atoms with E-state index in [1.807, 2.05) is 47.3 Å². The second kappa shape index (κ2) is 8.84. The molecule has 0 unspecified atom stereocenters. The Labute approximate surface area is 151 Å². The minimum absolute atomic E-state index is 0.452. The molecule has 25 heavy (non-hydrogen) atoms. The predicted molar refractivity (Wildman–Crippen MR) is 105 cm³/mol. The van der Waals surface area contributed by atoms with E-state index in [0.717, 1.165) is 23.4 Å². The summed E-state index contributed by atoms with van der Waals surface area (Å²) in [6.45, 7) is 0.729. The third-order valence-corrected chi connectivity index (χ3v) is 4.30. The molecule has 0 saturated heterocycles. The number of benzene rings is 2. The summed E-state index contributed by atoms with van der Waals surface area (Å²) >= 11 is 1.47. The van der Waals surface area contributed by atoms with Crippen LogP contribution in [0.1, 0.15) is 16.7 Å². The zero-order valence-corrected chi connectivity index (χ0v) is 14.5. The summed E-state index contributed by atoms with van der Waals surface area (Å²) in [5.41, 5.74) is 9.24. The zero-order valence-electron chi connectivity index (χ0n) is 13.7. The lowest BCUT2D eigenvalue weighted by atomic mass is 10.1. The van der Waals surface area contributed by atoms with Gasteiger partial charge in [-0.3, -0.25) is 4.68 Å². The maximum Gasteiger partial charge on any atom is 0.180 e. The van der Waals surface area contributed by atoms with Crippen molar-refractivity contribution in [2.24, 2.45) is 15.9 Å². The third kappa shape index (κ3) is 5.61. The summed E-state index contributed by atoms with van der Waals surface area (Å²) in [4.78, 5) is 0. The Hall–Kier alpha value is -2.86. The first-order chi connectivity index (χ1) is 12.3. The smallest absolute Gasteiger partial charge is 0.180 e. The van der Waals surface area contributed by atoms with Gasteiger partial charge >= 0.3 is 0 Å². The fourth-order valence-electron chi connectivity index (χ4n) is 2.27. The first-order valence-electron chi connectivity index (χ1n) is 7.89. The van der Waals surface area contributed by atoms with E-state index >= 15 is 0 Å². The first kappa shape index (κ1) is 17.0. The second-order valence-corrected chi connectivity index (χ2v) is 6.40. The standard InChI is InChI=1S/C19H19N5S/c20-19(25-15-16-6-2-1-3-7-16)23-21-13-17-8-4-9-18(12-17)14-24-11-5-10-22-24/h1-13H,14-15H2,(H2,20,23). The largest absolute Gasteiger partial charge is 0.377 e. The van der Waals surface area contributed by atoms with Crippen LogP contribution in [0.2, 0.25) is 0 Å². The highest BCUT2D eigenvalue weighted by Crippen LogP contribution is 2.11. The lowest BCUT2D eigenvalue weighted by Crippen LogP contribution is -2.06. The molecule has 0 aliphatic carbocycles. The van der Waals surface area contributed by atoms with Crippen molar-refractivity contribution in [1.29, 1.82) is 0 Å². The molecule has 3 rings (SSSR count). The monoisotopic (exact) mass is 349 g/mol. The van der Waals surface area contributed by atoms with Crippen molar-refractivity contribution >= 4 is 23.1 Å². The van der Waals surface area contributed by atoms with Crippen molar-refractivity contribution in [3.63, 3.8) is 0 Å². The molecule has 2 N–H and O–H groups in total. The average molecular weight is 349 g/mol. The van der Waals surface area contributed by atoms with Gasteiger partial charge in [0.2, 0.25) is 0 Å². The van der Waals surface area contributed by atoms with Crippen molar-refractivity contribution in [2.75, 3.05) is 0 Å². The minimum atomic E-state index is 0.452. The van der Waals surface area contributed by atoms with E-state index in [9.17, 15) is 0 Å². The Kier molecular flexibility index (Phi) is 6.01. The van der Waals surface area contributed by atoms with Crippen LogP contribution >= 0.6 is 11.8 Å². The van der Waals surface area contributed by atoms with E-state index in [1.54, 1.807) is 12.4 Å². The Morgan fingerprint density at radius 2 is 1.92 bits per heavy atom. The summed E-state index contributed by atoms with van der Waals surface area (Å²) < 4.78 is 1.88. The molecule has 1 aromatic heterocycles. The molecule has 0 amide bonds. The van der Waals surface area contributed by atoms with Crippen LogP contribution < -0.4 is 5.73 Å². The van der Waals surface area contributed by atoms with Gasteiger partial charge in [0.05, 0.1) is 12.8 Å². The van der Waals surface area contributed by atoms with Gasteiger partial charge in [-0.05, 0) is 28.8 Å². The fraction of sp³-hybridized carbons (Fsp3) is 0.105. The van der Waals surface area contributed by atoms with E-state index in [1.165, 1.54) is 17.3 Å². The molecule has 3 aromatic rings. The molecule has 1 heterocycles. The molecular weight excluding hydrogens is 330 g/mol. The molecule has 0 aliphatic heterocycles. The topological polar surface area (TPSA) is 68.6 Å². The highest BCUT2D eigenvalue weighted by atomic mass is 32.2. The van der Waals surface area contributed by atoms with Gasteiger partial charge in [-0.1, -0.05) is 60.3 Å². The number of nitrogens with zero attached hydrogens (tertiary/aromatic N) is 4. The van der Waals surface area contributed by atoms with E-state index in [4.69, 9.17) is 5.73 Å². The number of rotatable bonds is 6. The maximum atomic E-state index is 5.89. The van der Waals surface area contributed by atoms with Crippen molar-refractivity contribution in [2.45, 2.75) is 12.3 Å². The quantitative estimate of drug-likeness (QED) is 0.421. The van der Waals surface area contributed by atoms with E-state index < -0.39 is 0 Å². The molecule has 6 heteroatoms. The predicted octanol–water partition coefficient (Wildman–Crippen LogP) is 3.51. The molecule has 0 saturated carbocycles. The van der Waals surface area contributed by atoms with Gasteiger partial charge in [-0.25, -0.2) is 0 Å². The minimum Gasteiger partial charge on any atom is -0.377 e. The molecule has 0 aliphatic rings.